The summed E-state index contributed by atoms with van der Waals surface area (Å²) in [5.74, 6) is 0. The van der Waals surface area contributed by atoms with Gasteiger partial charge in [0.2, 0.25) is 10.0 Å². The van der Waals surface area contributed by atoms with Crippen LogP contribution in [-0.2, 0) is 14.8 Å². The van der Waals surface area contributed by atoms with E-state index in [1.807, 2.05) is 19.0 Å². The fourth-order valence-corrected chi connectivity index (χ4v) is 3.24. The molecule has 0 bridgehead atoms. The van der Waals surface area contributed by atoms with E-state index in [4.69, 9.17) is 4.74 Å². The number of sulfonamides is 1. The van der Waals surface area contributed by atoms with Crippen LogP contribution in [0.25, 0.3) is 0 Å². The number of benzene rings is 1. The van der Waals surface area contributed by atoms with E-state index in [1.54, 1.807) is 18.2 Å². The smallest absolute Gasteiger partial charge is 0.240 e. The Balaban J connectivity index is 1.96. The second kappa shape index (κ2) is 6.19. The van der Waals surface area contributed by atoms with E-state index >= 15 is 0 Å². The number of likely N-dealkylation sites (N-methyl/N-ethyl adjacent to an activating group) is 1. The van der Waals surface area contributed by atoms with Crippen molar-refractivity contribution in [2.24, 2.45) is 0 Å². The third-order valence-corrected chi connectivity index (χ3v) is 4.89. The number of ether oxygens (including phenoxy) is 1. The summed E-state index contributed by atoms with van der Waals surface area (Å²) in [6, 6.07) is 8.02. The van der Waals surface area contributed by atoms with E-state index in [2.05, 4.69) is 4.72 Å². The average molecular weight is 300 g/mol. The molecule has 0 unspecified atom stereocenters. The van der Waals surface area contributed by atoms with E-state index in [9.17, 15) is 13.5 Å². The van der Waals surface area contributed by atoms with E-state index in [-0.39, 0.29) is 17.5 Å². The monoisotopic (exact) mass is 300 g/mol. The van der Waals surface area contributed by atoms with Gasteiger partial charge in [0, 0.05) is 6.54 Å². The first-order valence-electron chi connectivity index (χ1n) is 6.42. The molecule has 0 aromatic heterocycles. The Morgan fingerprint density at radius 2 is 2.00 bits per heavy atom. The maximum absolute atomic E-state index is 12.1. The molecule has 1 aromatic carbocycles. The molecule has 1 aliphatic heterocycles. The van der Waals surface area contributed by atoms with E-state index < -0.39 is 22.2 Å². The van der Waals surface area contributed by atoms with Crippen molar-refractivity contribution in [3.05, 3.63) is 30.3 Å². The van der Waals surface area contributed by atoms with Crippen LogP contribution < -0.4 is 4.72 Å². The lowest BCUT2D eigenvalue weighted by atomic mass is 10.1. The molecule has 1 saturated heterocycles. The second-order valence-electron chi connectivity index (χ2n) is 5.06. The van der Waals surface area contributed by atoms with Crippen LogP contribution in [0.4, 0.5) is 0 Å². The van der Waals surface area contributed by atoms with E-state index in [1.165, 1.54) is 12.1 Å². The van der Waals surface area contributed by atoms with E-state index in [0.717, 1.165) is 0 Å². The fraction of sp³-hybridized carbons (Fsp3) is 0.538. The SMILES string of the molecule is CN(C)[C@@H]1CO[C@H](CNS(=O)(=O)c2ccccc2)[C@H]1O. The Morgan fingerprint density at radius 3 is 2.55 bits per heavy atom. The molecule has 6 nitrogen and oxygen atoms in total. The molecule has 0 saturated carbocycles. The third kappa shape index (κ3) is 3.36. The standard InChI is InChI=1S/C13H20N2O4S/c1-15(2)11-9-19-12(13(11)16)8-14-20(17,18)10-6-4-3-5-7-10/h3-7,11-14,16H,8-9H2,1-2H3/t11-,12-,13+/m1/s1. The molecule has 0 amide bonds. The molecule has 1 fully saturated rings. The molecule has 0 radical (unpaired) electrons. The number of nitrogens with one attached hydrogen (secondary N) is 1. The lowest BCUT2D eigenvalue weighted by Gasteiger charge is -2.22. The summed E-state index contributed by atoms with van der Waals surface area (Å²) in [4.78, 5) is 2.08. The first-order chi connectivity index (χ1) is 9.42. The van der Waals surface area contributed by atoms with Gasteiger partial charge in [0.1, 0.15) is 0 Å². The first kappa shape index (κ1) is 15.4. The highest BCUT2D eigenvalue weighted by Gasteiger charge is 2.37. The van der Waals surface area contributed by atoms with Crippen molar-refractivity contribution < 1.29 is 18.3 Å². The summed E-state index contributed by atoms with van der Waals surface area (Å²) in [5.41, 5.74) is 0. The highest BCUT2D eigenvalue weighted by atomic mass is 32.2. The fourth-order valence-electron chi connectivity index (χ4n) is 2.18. The van der Waals surface area contributed by atoms with Gasteiger partial charge in [-0.3, -0.25) is 0 Å². The number of aliphatic hydroxyl groups excluding tert-OH is 1. The summed E-state index contributed by atoms with van der Waals surface area (Å²) in [6.07, 6.45) is -1.23. The molecule has 7 heteroatoms. The Kier molecular flexibility index (Phi) is 4.77. The summed E-state index contributed by atoms with van der Waals surface area (Å²) in [5, 5.41) is 10.1. The van der Waals surface area contributed by atoms with Gasteiger partial charge >= 0.3 is 0 Å². The molecule has 1 aliphatic rings. The minimum absolute atomic E-state index is 0.0583. The zero-order valence-corrected chi connectivity index (χ0v) is 12.4. The molecule has 0 spiro atoms. The van der Waals surface area contributed by atoms with Crippen LogP contribution in [-0.4, -0.2) is 63.9 Å². The minimum Gasteiger partial charge on any atom is -0.389 e. The minimum atomic E-state index is -3.56. The van der Waals surface area contributed by atoms with Crippen LogP contribution in [0, 0.1) is 0 Å². The molecule has 2 rings (SSSR count). The largest absolute Gasteiger partial charge is 0.389 e. The van der Waals surface area contributed by atoms with Gasteiger partial charge in [-0.1, -0.05) is 18.2 Å². The first-order valence-corrected chi connectivity index (χ1v) is 7.91. The van der Waals surface area contributed by atoms with Gasteiger partial charge in [-0.2, -0.15) is 0 Å². The zero-order valence-electron chi connectivity index (χ0n) is 11.6. The third-order valence-electron chi connectivity index (χ3n) is 3.45. The summed E-state index contributed by atoms with van der Waals surface area (Å²) >= 11 is 0. The molecule has 112 valence electrons. The van der Waals surface area contributed by atoms with Crippen molar-refractivity contribution in [2.45, 2.75) is 23.1 Å². The maximum Gasteiger partial charge on any atom is 0.240 e. The molecule has 1 heterocycles. The van der Waals surface area contributed by atoms with Crippen LogP contribution in [0.2, 0.25) is 0 Å². The molecule has 2 N–H and O–H groups in total. The predicted molar refractivity (Wildman–Crippen MR) is 74.9 cm³/mol. The van der Waals surface area contributed by atoms with Gasteiger partial charge in [-0.15, -0.1) is 0 Å². The Bertz CT molecular complexity index is 533. The number of hydrogen-bond acceptors (Lipinski definition) is 5. The summed E-state index contributed by atoms with van der Waals surface area (Å²) < 4.78 is 32.0. The van der Waals surface area contributed by atoms with Crippen molar-refractivity contribution in [2.75, 3.05) is 27.2 Å². The molecule has 0 aliphatic carbocycles. The van der Waals surface area contributed by atoms with Gasteiger partial charge in [0.25, 0.3) is 0 Å². The molecular weight excluding hydrogens is 280 g/mol. The normalized spacial score (nSPS) is 27.1. The van der Waals surface area contributed by atoms with Gasteiger partial charge in [0.15, 0.2) is 0 Å². The summed E-state index contributed by atoms with van der Waals surface area (Å²) in [7, 11) is 0.146. The van der Waals surface area contributed by atoms with Crippen molar-refractivity contribution >= 4 is 10.0 Å². The number of nitrogens with zero attached hydrogens (tertiary/aromatic N) is 1. The molecule has 1 aromatic rings. The van der Waals surface area contributed by atoms with Crippen LogP contribution in [0.5, 0.6) is 0 Å². The number of aliphatic hydroxyl groups is 1. The number of rotatable bonds is 5. The Hall–Kier alpha value is -0.990. The van der Waals surface area contributed by atoms with Gasteiger partial charge < -0.3 is 14.7 Å². The van der Waals surface area contributed by atoms with E-state index in [0.29, 0.717) is 6.61 Å². The van der Waals surface area contributed by atoms with Crippen LogP contribution in [0.3, 0.4) is 0 Å². The topological polar surface area (TPSA) is 78.9 Å². The zero-order chi connectivity index (χ0) is 14.8. The van der Waals surface area contributed by atoms with Crippen molar-refractivity contribution in [3.8, 4) is 0 Å². The second-order valence-corrected chi connectivity index (χ2v) is 6.83. The van der Waals surface area contributed by atoms with Crippen LogP contribution in [0.15, 0.2) is 35.2 Å². The lowest BCUT2D eigenvalue weighted by molar-refractivity contribution is 0.0401. The van der Waals surface area contributed by atoms with Crippen molar-refractivity contribution in [1.29, 1.82) is 0 Å². The Morgan fingerprint density at radius 1 is 1.35 bits per heavy atom. The Labute approximate surface area is 119 Å². The van der Waals surface area contributed by atoms with Crippen LogP contribution in [0.1, 0.15) is 0 Å². The average Bonchev–Trinajstić information content (AvgIpc) is 2.79. The van der Waals surface area contributed by atoms with Crippen molar-refractivity contribution in [3.63, 3.8) is 0 Å². The van der Waals surface area contributed by atoms with Crippen molar-refractivity contribution in [1.82, 2.24) is 9.62 Å². The number of hydrogen-bond donors (Lipinski definition) is 2. The van der Waals surface area contributed by atoms with Gasteiger partial charge in [-0.05, 0) is 26.2 Å². The van der Waals surface area contributed by atoms with Gasteiger partial charge in [-0.25, -0.2) is 13.1 Å². The highest BCUT2D eigenvalue weighted by molar-refractivity contribution is 7.89. The highest BCUT2D eigenvalue weighted by Crippen LogP contribution is 2.18. The molecular formula is C13H20N2O4S. The quantitative estimate of drug-likeness (QED) is 0.777. The summed E-state index contributed by atoms with van der Waals surface area (Å²) in [6.45, 7) is 0.453. The molecule has 20 heavy (non-hydrogen) atoms. The van der Waals surface area contributed by atoms with Crippen LogP contribution >= 0.6 is 0 Å². The van der Waals surface area contributed by atoms with Gasteiger partial charge in [0.05, 0.1) is 29.8 Å². The lowest BCUT2D eigenvalue weighted by Crippen LogP contribution is -2.44. The molecule has 3 atom stereocenters. The predicted octanol–water partition coefficient (Wildman–Crippen LogP) is -0.345. The maximum atomic E-state index is 12.1.